The van der Waals surface area contributed by atoms with Crippen LogP contribution in [0.4, 0.5) is 0 Å². The molecule has 2 heterocycles. The van der Waals surface area contributed by atoms with Gasteiger partial charge >= 0.3 is 5.97 Å². The first kappa shape index (κ1) is 20.4. The second-order valence-electron chi connectivity index (χ2n) is 9.32. The maximum Gasteiger partial charge on any atom is 0.306 e. The van der Waals surface area contributed by atoms with E-state index in [9.17, 15) is 4.79 Å². The monoisotopic (exact) mass is 352 g/mol. The first-order valence-corrected chi connectivity index (χ1v) is 9.64. The lowest BCUT2D eigenvalue weighted by atomic mass is 9.92. The summed E-state index contributed by atoms with van der Waals surface area (Å²) >= 11 is 0. The van der Waals surface area contributed by atoms with E-state index >= 15 is 0 Å². The standard InChI is InChI=1S/C21H36O4/c1-15(2)9-8-13-20(6)17(24-20)12-14-21(7)16(23-21)10-11-18(22)25-19(3,4)5/h9,16-17H,8,10-14H2,1-7H3/t16-,17+,20+,21-/m0/s1. The van der Waals surface area contributed by atoms with Crippen LogP contribution in [0.5, 0.6) is 0 Å². The Kier molecular flexibility index (Phi) is 6.05. The quantitative estimate of drug-likeness (QED) is 0.335. The van der Waals surface area contributed by atoms with Crippen LogP contribution in [0.15, 0.2) is 11.6 Å². The topological polar surface area (TPSA) is 51.4 Å². The van der Waals surface area contributed by atoms with E-state index in [-0.39, 0.29) is 23.3 Å². The van der Waals surface area contributed by atoms with Crippen LogP contribution in [0.25, 0.3) is 0 Å². The van der Waals surface area contributed by atoms with E-state index < -0.39 is 5.60 Å². The van der Waals surface area contributed by atoms with Gasteiger partial charge in [-0.15, -0.1) is 0 Å². The van der Waals surface area contributed by atoms with Gasteiger partial charge in [0.25, 0.3) is 0 Å². The Balaban J connectivity index is 1.63. The first-order valence-electron chi connectivity index (χ1n) is 9.64. The summed E-state index contributed by atoms with van der Waals surface area (Å²) in [5.74, 6) is -0.136. The molecule has 25 heavy (non-hydrogen) atoms. The van der Waals surface area contributed by atoms with Crippen LogP contribution < -0.4 is 0 Å². The maximum absolute atomic E-state index is 11.8. The molecule has 2 saturated heterocycles. The number of allylic oxidation sites excluding steroid dienone is 2. The molecule has 0 aliphatic carbocycles. The number of carbonyl (C=O) groups is 1. The third kappa shape index (κ3) is 6.41. The van der Waals surface area contributed by atoms with Crippen LogP contribution in [-0.2, 0) is 19.0 Å². The molecule has 2 aliphatic heterocycles. The predicted molar refractivity (Wildman–Crippen MR) is 99.5 cm³/mol. The molecular formula is C21H36O4. The van der Waals surface area contributed by atoms with Gasteiger partial charge in [-0.3, -0.25) is 4.79 Å². The number of rotatable bonds is 9. The number of esters is 1. The summed E-state index contributed by atoms with van der Waals surface area (Å²) in [5.41, 5.74) is 0.912. The summed E-state index contributed by atoms with van der Waals surface area (Å²) in [4.78, 5) is 11.8. The van der Waals surface area contributed by atoms with Gasteiger partial charge in [-0.25, -0.2) is 0 Å². The molecule has 0 bridgehead atoms. The van der Waals surface area contributed by atoms with E-state index in [1.165, 1.54) is 5.57 Å². The zero-order valence-electron chi connectivity index (χ0n) is 17.1. The molecule has 4 heteroatoms. The third-order valence-electron chi connectivity index (χ3n) is 5.20. The Bertz CT molecular complexity index is 514. The Labute approximate surface area is 153 Å². The number of hydrogen-bond donors (Lipinski definition) is 0. The van der Waals surface area contributed by atoms with Gasteiger partial charge in [-0.05, 0) is 80.6 Å². The number of carbonyl (C=O) groups excluding carboxylic acids is 1. The minimum Gasteiger partial charge on any atom is -0.460 e. The molecule has 0 saturated carbocycles. The van der Waals surface area contributed by atoms with Gasteiger partial charge in [0.1, 0.15) is 5.60 Å². The largest absolute Gasteiger partial charge is 0.460 e. The van der Waals surface area contributed by atoms with E-state index in [2.05, 4.69) is 33.8 Å². The van der Waals surface area contributed by atoms with Crippen molar-refractivity contribution < 1.29 is 19.0 Å². The molecule has 4 atom stereocenters. The van der Waals surface area contributed by atoms with Crippen molar-refractivity contribution in [2.24, 2.45) is 0 Å². The highest BCUT2D eigenvalue weighted by Gasteiger charge is 2.56. The summed E-state index contributed by atoms with van der Waals surface area (Å²) in [6, 6.07) is 0. The van der Waals surface area contributed by atoms with Crippen LogP contribution in [0.2, 0.25) is 0 Å². The molecule has 0 aromatic heterocycles. The summed E-state index contributed by atoms with van der Waals surface area (Å²) in [7, 11) is 0. The highest BCUT2D eigenvalue weighted by Crippen LogP contribution is 2.48. The summed E-state index contributed by atoms with van der Waals surface area (Å²) < 4.78 is 17.2. The molecule has 0 amide bonds. The smallest absolute Gasteiger partial charge is 0.306 e. The van der Waals surface area contributed by atoms with E-state index in [0.29, 0.717) is 12.5 Å². The van der Waals surface area contributed by atoms with Crippen molar-refractivity contribution in [1.29, 1.82) is 0 Å². The van der Waals surface area contributed by atoms with Crippen LogP contribution in [0.3, 0.4) is 0 Å². The fraction of sp³-hybridized carbons (Fsp3) is 0.857. The van der Waals surface area contributed by atoms with Gasteiger partial charge in [-0.2, -0.15) is 0 Å². The van der Waals surface area contributed by atoms with Crippen molar-refractivity contribution in [3.05, 3.63) is 11.6 Å². The fourth-order valence-electron chi connectivity index (χ4n) is 3.46. The van der Waals surface area contributed by atoms with Gasteiger partial charge in [0.15, 0.2) is 0 Å². The number of hydrogen-bond acceptors (Lipinski definition) is 4. The molecule has 0 aromatic rings. The van der Waals surface area contributed by atoms with E-state index in [0.717, 1.165) is 32.1 Å². The maximum atomic E-state index is 11.8. The fourth-order valence-corrected chi connectivity index (χ4v) is 3.46. The van der Waals surface area contributed by atoms with Crippen molar-refractivity contribution in [3.63, 3.8) is 0 Å². The van der Waals surface area contributed by atoms with Gasteiger partial charge in [0.05, 0.1) is 23.4 Å². The van der Waals surface area contributed by atoms with E-state index in [1.807, 2.05) is 20.8 Å². The zero-order valence-corrected chi connectivity index (χ0v) is 17.1. The molecule has 0 radical (unpaired) electrons. The molecule has 4 nitrogen and oxygen atoms in total. The van der Waals surface area contributed by atoms with Crippen molar-refractivity contribution >= 4 is 5.97 Å². The molecule has 0 N–H and O–H groups in total. The molecule has 0 unspecified atom stereocenters. The highest BCUT2D eigenvalue weighted by atomic mass is 16.6. The minimum absolute atomic E-state index is 0.0449. The molecule has 2 fully saturated rings. The second kappa shape index (κ2) is 7.40. The molecular weight excluding hydrogens is 316 g/mol. The van der Waals surface area contributed by atoms with Crippen LogP contribution in [-0.4, -0.2) is 35.0 Å². The van der Waals surface area contributed by atoms with Crippen molar-refractivity contribution in [1.82, 2.24) is 0 Å². The normalized spacial score (nSPS) is 33.7. The van der Waals surface area contributed by atoms with Gasteiger partial charge in [0, 0.05) is 6.42 Å². The molecule has 0 spiro atoms. The van der Waals surface area contributed by atoms with Gasteiger partial charge in [0.2, 0.25) is 0 Å². The molecule has 144 valence electrons. The van der Waals surface area contributed by atoms with E-state index in [4.69, 9.17) is 14.2 Å². The van der Waals surface area contributed by atoms with Crippen LogP contribution in [0.1, 0.15) is 87.0 Å². The highest BCUT2D eigenvalue weighted by molar-refractivity contribution is 5.69. The van der Waals surface area contributed by atoms with Crippen LogP contribution in [0, 0.1) is 0 Å². The predicted octanol–water partition coefficient (Wildman–Crippen LogP) is 4.95. The molecule has 2 aliphatic rings. The molecule has 2 rings (SSSR count). The summed E-state index contributed by atoms with van der Waals surface area (Å²) in [6.45, 7) is 14.3. The van der Waals surface area contributed by atoms with Gasteiger partial charge in [-0.1, -0.05) is 11.6 Å². The second-order valence-corrected chi connectivity index (χ2v) is 9.32. The summed E-state index contributed by atoms with van der Waals surface area (Å²) in [5, 5.41) is 0. The average Bonchev–Trinajstić information content (AvgIpc) is 3.29. The number of ether oxygens (including phenoxy) is 3. The van der Waals surface area contributed by atoms with Crippen LogP contribution >= 0.6 is 0 Å². The Morgan fingerprint density at radius 3 is 2.16 bits per heavy atom. The lowest BCUT2D eigenvalue weighted by Gasteiger charge is -2.19. The van der Waals surface area contributed by atoms with Crippen molar-refractivity contribution in [2.45, 2.75) is 116 Å². The average molecular weight is 353 g/mol. The van der Waals surface area contributed by atoms with Gasteiger partial charge < -0.3 is 14.2 Å². The lowest BCUT2D eigenvalue weighted by Crippen LogP contribution is -2.24. The first-order chi connectivity index (χ1) is 11.4. The lowest BCUT2D eigenvalue weighted by molar-refractivity contribution is -0.155. The zero-order chi connectivity index (χ0) is 18.9. The van der Waals surface area contributed by atoms with E-state index in [1.54, 1.807) is 0 Å². The Morgan fingerprint density at radius 2 is 1.60 bits per heavy atom. The Morgan fingerprint density at radius 1 is 1.04 bits per heavy atom. The molecule has 0 aromatic carbocycles. The SMILES string of the molecule is CC(C)=CCC[C@@]1(C)O[C@@H]1CC[C@]1(C)O[C@H]1CCC(=O)OC(C)(C)C. The minimum atomic E-state index is -0.413. The third-order valence-corrected chi connectivity index (χ3v) is 5.20. The summed E-state index contributed by atoms with van der Waals surface area (Å²) in [6.07, 6.45) is 8.18. The van der Waals surface area contributed by atoms with Crippen molar-refractivity contribution in [2.75, 3.05) is 0 Å². The van der Waals surface area contributed by atoms with Crippen molar-refractivity contribution in [3.8, 4) is 0 Å². The number of epoxide rings is 2. The Hall–Kier alpha value is -0.870.